The Hall–Kier alpha value is -2.85. The number of benzene rings is 2. The number of para-hydroxylation sites is 1. The van der Waals surface area contributed by atoms with E-state index in [1.807, 2.05) is 18.2 Å². The van der Waals surface area contributed by atoms with Gasteiger partial charge in [-0.3, -0.25) is 0 Å². The molecule has 7 nitrogen and oxygen atoms in total. The molecule has 0 N–H and O–H groups in total. The highest BCUT2D eigenvalue weighted by Gasteiger charge is 2.34. The second-order valence-electron chi connectivity index (χ2n) is 7.19. The molecule has 0 aliphatic carbocycles. The lowest BCUT2D eigenvalue weighted by atomic mass is 9.97. The van der Waals surface area contributed by atoms with Gasteiger partial charge in [-0.15, -0.1) is 0 Å². The topological polar surface area (TPSA) is 77.2 Å². The average molecular weight is 434 g/mol. The monoisotopic (exact) mass is 434 g/mol. The first-order valence-electron chi connectivity index (χ1n) is 9.45. The van der Waals surface area contributed by atoms with Crippen LogP contribution in [0.15, 0.2) is 58.2 Å². The van der Waals surface area contributed by atoms with Crippen LogP contribution in [-0.4, -0.2) is 40.2 Å². The molecule has 0 saturated carbocycles. The SMILES string of the molecule is Cn1nc(C2CCN(S(=O)(=O)c3cc(F)ccc3F)CC2)n(-c2ccccc2)c1=O. The van der Waals surface area contributed by atoms with E-state index in [1.165, 1.54) is 9.25 Å². The minimum Gasteiger partial charge on any atom is -0.247 e. The van der Waals surface area contributed by atoms with Gasteiger partial charge in [-0.2, -0.15) is 9.40 Å². The molecule has 3 aromatic rings. The van der Waals surface area contributed by atoms with Crippen molar-refractivity contribution in [2.75, 3.05) is 13.1 Å². The van der Waals surface area contributed by atoms with Crippen molar-refractivity contribution in [2.45, 2.75) is 23.7 Å². The first kappa shape index (κ1) is 20.4. The van der Waals surface area contributed by atoms with Crippen molar-refractivity contribution < 1.29 is 17.2 Å². The van der Waals surface area contributed by atoms with Gasteiger partial charge < -0.3 is 0 Å². The quantitative estimate of drug-likeness (QED) is 0.632. The van der Waals surface area contributed by atoms with Crippen molar-refractivity contribution in [3.05, 3.63) is 76.5 Å². The number of nitrogens with zero attached hydrogens (tertiary/aromatic N) is 4. The number of rotatable bonds is 4. The highest BCUT2D eigenvalue weighted by Crippen LogP contribution is 2.31. The van der Waals surface area contributed by atoms with Crippen LogP contribution in [0, 0.1) is 11.6 Å². The maximum absolute atomic E-state index is 14.0. The zero-order valence-corrected chi connectivity index (χ0v) is 17.0. The normalized spacial score (nSPS) is 16.1. The fourth-order valence-electron chi connectivity index (χ4n) is 3.74. The maximum Gasteiger partial charge on any atom is 0.350 e. The second-order valence-corrected chi connectivity index (χ2v) is 9.09. The Morgan fingerprint density at radius 2 is 1.70 bits per heavy atom. The number of aromatic nitrogens is 3. The van der Waals surface area contributed by atoms with E-state index in [4.69, 9.17) is 0 Å². The predicted molar refractivity (Wildman–Crippen MR) is 106 cm³/mol. The molecule has 2 aromatic carbocycles. The van der Waals surface area contributed by atoms with Crippen LogP contribution in [0.1, 0.15) is 24.6 Å². The molecule has 1 saturated heterocycles. The highest BCUT2D eigenvalue weighted by atomic mass is 32.2. The first-order valence-corrected chi connectivity index (χ1v) is 10.9. The number of halogens is 2. The van der Waals surface area contributed by atoms with Crippen LogP contribution >= 0.6 is 0 Å². The van der Waals surface area contributed by atoms with Gasteiger partial charge in [0.15, 0.2) is 0 Å². The summed E-state index contributed by atoms with van der Waals surface area (Å²) in [4.78, 5) is 11.9. The van der Waals surface area contributed by atoms with Gasteiger partial charge >= 0.3 is 5.69 Å². The van der Waals surface area contributed by atoms with Crippen molar-refractivity contribution in [3.63, 3.8) is 0 Å². The van der Waals surface area contributed by atoms with Crippen LogP contribution in [0.5, 0.6) is 0 Å². The van der Waals surface area contributed by atoms with Crippen LogP contribution in [0.3, 0.4) is 0 Å². The second kappa shape index (κ2) is 7.77. The molecule has 0 bridgehead atoms. The van der Waals surface area contributed by atoms with Gasteiger partial charge in [0.25, 0.3) is 0 Å². The Balaban J connectivity index is 1.60. The van der Waals surface area contributed by atoms with E-state index in [0.717, 1.165) is 16.4 Å². The molecular formula is C20H20F2N4O3S. The molecule has 0 unspecified atom stereocenters. The van der Waals surface area contributed by atoms with E-state index in [0.29, 0.717) is 30.4 Å². The largest absolute Gasteiger partial charge is 0.350 e. The van der Waals surface area contributed by atoms with Gasteiger partial charge in [-0.1, -0.05) is 18.2 Å². The summed E-state index contributed by atoms with van der Waals surface area (Å²) in [6.45, 7) is 0.227. The van der Waals surface area contributed by atoms with Gasteiger partial charge in [0.2, 0.25) is 10.0 Å². The van der Waals surface area contributed by atoms with Gasteiger partial charge in [0.05, 0.1) is 5.69 Å². The lowest BCUT2D eigenvalue weighted by molar-refractivity contribution is 0.310. The van der Waals surface area contributed by atoms with Crippen LogP contribution < -0.4 is 5.69 Å². The molecule has 10 heteroatoms. The summed E-state index contributed by atoms with van der Waals surface area (Å²) in [5.74, 6) is -1.39. The third-order valence-electron chi connectivity index (χ3n) is 5.29. The zero-order chi connectivity index (χ0) is 21.5. The van der Waals surface area contributed by atoms with Crippen molar-refractivity contribution in [3.8, 4) is 5.69 Å². The van der Waals surface area contributed by atoms with E-state index in [2.05, 4.69) is 5.10 Å². The Morgan fingerprint density at radius 3 is 2.37 bits per heavy atom. The van der Waals surface area contributed by atoms with E-state index in [-0.39, 0.29) is 24.7 Å². The van der Waals surface area contributed by atoms with Crippen LogP contribution in [0.4, 0.5) is 8.78 Å². The molecule has 1 aliphatic rings. The molecule has 2 heterocycles. The highest BCUT2D eigenvalue weighted by molar-refractivity contribution is 7.89. The van der Waals surface area contributed by atoms with E-state index < -0.39 is 26.6 Å². The Morgan fingerprint density at radius 1 is 1.03 bits per heavy atom. The van der Waals surface area contributed by atoms with Crippen molar-refractivity contribution in [1.82, 2.24) is 18.7 Å². The molecule has 0 radical (unpaired) electrons. The summed E-state index contributed by atoms with van der Waals surface area (Å²) in [7, 11) is -2.59. The molecule has 0 spiro atoms. The number of hydrogen-bond acceptors (Lipinski definition) is 4. The molecule has 30 heavy (non-hydrogen) atoms. The van der Waals surface area contributed by atoms with Crippen LogP contribution in [-0.2, 0) is 17.1 Å². The Labute approximate surface area is 172 Å². The Bertz CT molecular complexity index is 1230. The minimum atomic E-state index is -4.16. The molecule has 4 rings (SSSR count). The zero-order valence-electron chi connectivity index (χ0n) is 16.2. The van der Waals surface area contributed by atoms with Gasteiger partial charge in [-0.25, -0.2) is 31.2 Å². The number of piperidine rings is 1. The van der Waals surface area contributed by atoms with Gasteiger partial charge in [0.1, 0.15) is 22.4 Å². The molecule has 0 atom stereocenters. The van der Waals surface area contributed by atoms with E-state index >= 15 is 0 Å². The van der Waals surface area contributed by atoms with Crippen LogP contribution in [0.25, 0.3) is 5.69 Å². The van der Waals surface area contributed by atoms with E-state index in [9.17, 15) is 22.0 Å². The summed E-state index contributed by atoms with van der Waals surface area (Å²) in [6, 6.07) is 11.5. The maximum atomic E-state index is 14.0. The summed E-state index contributed by atoms with van der Waals surface area (Å²) >= 11 is 0. The summed E-state index contributed by atoms with van der Waals surface area (Å²) in [5.41, 5.74) is 0.399. The fraction of sp³-hybridized carbons (Fsp3) is 0.300. The Kier molecular flexibility index (Phi) is 5.29. The summed E-state index contributed by atoms with van der Waals surface area (Å²) < 4.78 is 57.0. The molecule has 1 aromatic heterocycles. The van der Waals surface area contributed by atoms with Crippen molar-refractivity contribution >= 4 is 10.0 Å². The average Bonchev–Trinajstić information content (AvgIpc) is 3.05. The number of aryl methyl sites for hydroxylation is 1. The van der Waals surface area contributed by atoms with Gasteiger partial charge in [0, 0.05) is 26.1 Å². The van der Waals surface area contributed by atoms with Crippen molar-refractivity contribution in [1.29, 1.82) is 0 Å². The minimum absolute atomic E-state index is 0.114. The fourth-order valence-corrected chi connectivity index (χ4v) is 5.28. The summed E-state index contributed by atoms with van der Waals surface area (Å²) in [6.07, 6.45) is 0.804. The third-order valence-corrected chi connectivity index (χ3v) is 7.21. The molecule has 1 fully saturated rings. The standard InChI is InChI=1S/C20H20F2N4O3S/c1-24-20(27)26(16-5-3-2-4-6-16)19(23-24)14-9-11-25(12-10-14)30(28,29)18-13-15(21)7-8-17(18)22/h2-8,13-14H,9-12H2,1H3. The third kappa shape index (κ3) is 3.56. The number of sulfonamides is 1. The predicted octanol–water partition coefficient (Wildman–Crippen LogP) is 2.42. The molecule has 1 aliphatic heterocycles. The molecule has 158 valence electrons. The van der Waals surface area contributed by atoms with Gasteiger partial charge in [-0.05, 0) is 43.2 Å². The first-order chi connectivity index (χ1) is 14.3. The molecular weight excluding hydrogens is 414 g/mol. The smallest absolute Gasteiger partial charge is 0.247 e. The summed E-state index contributed by atoms with van der Waals surface area (Å²) in [5, 5.41) is 4.37. The van der Waals surface area contributed by atoms with Crippen molar-refractivity contribution in [2.24, 2.45) is 7.05 Å². The number of hydrogen-bond donors (Lipinski definition) is 0. The lowest BCUT2D eigenvalue weighted by Crippen LogP contribution is -2.39. The lowest BCUT2D eigenvalue weighted by Gasteiger charge is -2.30. The molecule has 0 amide bonds. The van der Waals surface area contributed by atoms with Crippen LogP contribution in [0.2, 0.25) is 0 Å². The van der Waals surface area contributed by atoms with E-state index in [1.54, 1.807) is 19.2 Å².